The minimum Gasteiger partial charge on any atom is -0.365 e. The van der Waals surface area contributed by atoms with Gasteiger partial charge in [0.25, 0.3) is 25.9 Å². The maximum Gasteiger partial charge on any atom is 0.418 e. The van der Waals surface area contributed by atoms with Gasteiger partial charge in [-0.3, -0.25) is 18.5 Å². The summed E-state index contributed by atoms with van der Waals surface area (Å²) in [4.78, 5) is 9.89. The monoisotopic (exact) mass is 612 g/mol. The molecule has 0 unspecified atom stereocenters. The molecular weight excluding hydrogens is 585 g/mol. The molecule has 2 rings (SSSR count). The van der Waals surface area contributed by atoms with Crippen LogP contribution in [0.15, 0.2) is 17.0 Å². The Balaban J connectivity index is 2.77. The highest BCUT2D eigenvalue weighted by Crippen LogP contribution is 2.44. The van der Waals surface area contributed by atoms with Crippen LogP contribution in [0.1, 0.15) is 18.4 Å². The van der Waals surface area contributed by atoms with Gasteiger partial charge in [0.05, 0.1) is 41.9 Å². The van der Waals surface area contributed by atoms with Crippen LogP contribution < -0.4 is 10.6 Å². The van der Waals surface area contributed by atoms with Crippen LogP contribution in [0.2, 0.25) is 0 Å². The Kier molecular flexibility index (Phi) is 10.1. The summed E-state index contributed by atoms with van der Waals surface area (Å²) >= 11 is 0. The van der Waals surface area contributed by atoms with Crippen molar-refractivity contribution in [1.29, 1.82) is 0 Å². The van der Waals surface area contributed by atoms with Gasteiger partial charge in [0, 0.05) is 44.4 Å². The quantitative estimate of drug-likeness (QED) is 0.195. The second kappa shape index (κ2) is 12.0. The summed E-state index contributed by atoms with van der Waals surface area (Å²) in [7, 11) is -12.9. The maximum atomic E-state index is 14.2. The van der Waals surface area contributed by atoms with E-state index in [4.69, 9.17) is 5.73 Å². The van der Waals surface area contributed by atoms with Crippen LogP contribution in [-0.2, 0) is 44.8 Å². The van der Waals surface area contributed by atoms with Gasteiger partial charge in [-0.05, 0) is 12.8 Å². The lowest BCUT2D eigenvalue weighted by Gasteiger charge is -2.33. The molecule has 1 aromatic rings. The molecular formula is C18H27F3N4O10S3. The van der Waals surface area contributed by atoms with E-state index in [9.17, 15) is 48.5 Å². The van der Waals surface area contributed by atoms with E-state index in [0.29, 0.717) is 23.5 Å². The predicted molar refractivity (Wildman–Crippen MR) is 128 cm³/mol. The number of benzene rings is 1. The molecule has 0 spiro atoms. The number of rotatable bonds is 12. The van der Waals surface area contributed by atoms with Gasteiger partial charge in [-0.25, -0.2) is 8.42 Å². The number of hydrogen-bond donors (Lipinski definition) is 1. The van der Waals surface area contributed by atoms with Gasteiger partial charge in [-0.2, -0.15) is 34.3 Å². The lowest BCUT2D eigenvalue weighted by molar-refractivity contribution is -0.385. The number of nitrogens with zero attached hydrogens (tertiary/aromatic N) is 3. The van der Waals surface area contributed by atoms with Crippen LogP contribution in [0.3, 0.4) is 0 Å². The molecule has 2 N–H and O–H groups in total. The standard InChI is InChI=1S/C18H27F3N4O10S3/c1-36(28,29)34-9-7-23(8-10-35-37(2,30)31)17-15(18(19,20)21)11-14(25(26)27)12-16(17)38(32,33)24-5-3-13(22)4-6-24/h11-13H,3-10,22H2,1-2H3. The Morgan fingerprint density at radius 1 is 1.03 bits per heavy atom. The van der Waals surface area contributed by atoms with Crippen LogP contribution >= 0.6 is 0 Å². The lowest BCUT2D eigenvalue weighted by atomic mass is 10.1. The summed E-state index contributed by atoms with van der Waals surface area (Å²) in [6, 6.07) is 0.257. The SMILES string of the molecule is CS(=O)(=O)OCCN(CCOS(C)(=O)=O)c1c(C(F)(F)F)cc([N+](=O)[O-])cc1S(=O)(=O)N1CCC(N)CC1. The van der Waals surface area contributed by atoms with Gasteiger partial charge < -0.3 is 10.6 Å². The van der Waals surface area contributed by atoms with E-state index in [0.717, 1.165) is 4.31 Å². The number of nitro groups is 1. The summed E-state index contributed by atoms with van der Waals surface area (Å²) < 4.78 is 125. The van der Waals surface area contributed by atoms with Crippen LogP contribution in [-0.4, -0.2) is 92.4 Å². The highest BCUT2D eigenvalue weighted by atomic mass is 32.2. The number of sulfonamides is 1. The zero-order valence-electron chi connectivity index (χ0n) is 20.2. The summed E-state index contributed by atoms with van der Waals surface area (Å²) in [5.74, 6) is 0. The molecule has 0 amide bonds. The van der Waals surface area contributed by atoms with E-state index in [2.05, 4.69) is 8.37 Å². The van der Waals surface area contributed by atoms with Crippen LogP contribution in [0.5, 0.6) is 0 Å². The normalized spacial score (nSPS) is 16.5. The van der Waals surface area contributed by atoms with Crippen molar-refractivity contribution >= 4 is 41.6 Å². The van der Waals surface area contributed by atoms with Crippen LogP contribution in [0.4, 0.5) is 24.5 Å². The highest BCUT2D eigenvalue weighted by Gasteiger charge is 2.42. The van der Waals surface area contributed by atoms with Crippen molar-refractivity contribution in [2.24, 2.45) is 5.73 Å². The summed E-state index contributed by atoms with van der Waals surface area (Å²) in [6.07, 6.45) is -3.60. The van der Waals surface area contributed by atoms with Crippen molar-refractivity contribution in [3.05, 3.63) is 27.8 Å². The second-order valence-corrected chi connectivity index (χ2v) is 13.6. The second-order valence-electron chi connectivity index (χ2n) is 8.38. The number of non-ortho nitro benzene ring substituents is 1. The van der Waals surface area contributed by atoms with Crippen molar-refractivity contribution in [2.45, 2.75) is 30.0 Å². The largest absolute Gasteiger partial charge is 0.418 e. The predicted octanol–water partition coefficient (Wildman–Crippen LogP) is 0.484. The van der Waals surface area contributed by atoms with E-state index in [-0.39, 0.29) is 38.0 Å². The molecule has 0 bridgehead atoms. The fourth-order valence-electron chi connectivity index (χ4n) is 3.63. The summed E-state index contributed by atoms with van der Waals surface area (Å²) in [5.41, 5.74) is 1.87. The Morgan fingerprint density at radius 2 is 1.50 bits per heavy atom. The Labute approximate surface area is 217 Å². The van der Waals surface area contributed by atoms with Crippen molar-refractivity contribution in [3.8, 4) is 0 Å². The molecule has 14 nitrogen and oxygen atoms in total. The van der Waals surface area contributed by atoms with E-state index in [1.165, 1.54) is 0 Å². The molecule has 0 atom stereocenters. The summed E-state index contributed by atoms with van der Waals surface area (Å²) in [6.45, 7) is -3.22. The Morgan fingerprint density at radius 3 is 1.89 bits per heavy atom. The zero-order valence-corrected chi connectivity index (χ0v) is 22.7. The average molecular weight is 613 g/mol. The van der Waals surface area contributed by atoms with Gasteiger partial charge >= 0.3 is 6.18 Å². The average Bonchev–Trinajstić information content (AvgIpc) is 2.75. The van der Waals surface area contributed by atoms with Crippen LogP contribution in [0.25, 0.3) is 0 Å². The molecule has 1 saturated heterocycles. The molecule has 0 aromatic heterocycles. The molecule has 38 heavy (non-hydrogen) atoms. The van der Waals surface area contributed by atoms with Gasteiger partial charge in [-0.1, -0.05) is 0 Å². The van der Waals surface area contributed by atoms with Gasteiger partial charge in [0.15, 0.2) is 0 Å². The first-order valence-electron chi connectivity index (χ1n) is 10.8. The first-order valence-corrected chi connectivity index (χ1v) is 15.9. The molecule has 1 aromatic carbocycles. The third-order valence-corrected chi connectivity index (χ3v) is 8.43. The first kappa shape index (κ1) is 32.1. The molecule has 1 aliphatic heterocycles. The van der Waals surface area contributed by atoms with Gasteiger partial charge in [-0.15, -0.1) is 0 Å². The smallest absolute Gasteiger partial charge is 0.365 e. The minimum atomic E-state index is -5.32. The van der Waals surface area contributed by atoms with E-state index >= 15 is 0 Å². The molecule has 0 radical (unpaired) electrons. The zero-order chi connectivity index (χ0) is 29.1. The first-order chi connectivity index (χ1) is 17.2. The molecule has 1 aliphatic rings. The van der Waals surface area contributed by atoms with Crippen molar-refractivity contribution in [3.63, 3.8) is 0 Å². The molecule has 20 heteroatoms. The number of nitro benzene ring substituents is 1. The van der Waals surface area contributed by atoms with Crippen molar-refractivity contribution in [1.82, 2.24) is 4.31 Å². The van der Waals surface area contributed by atoms with Crippen molar-refractivity contribution < 1.29 is 51.7 Å². The maximum absolute atomic E-state index is 14.2. The van der Waals surface area contributed by atoms with Crippen LogP contribution in [0, 0.1) is 10.1 Å². The molecule has 0 aliphatic carbocycles. The highest BCUT2D eigenvalue weighted by molar-refractivity contribution is 7.89. The third kappa shape index (κ3) is 8.99. The lowest BCUT2D eigenvalue weighted by Crippen LogP contribution is -2.43. The minimum absolute atomic E-state index is 0.141. The van der Waals surface area contributed by atoms with Gasteiger partial charge in [0.2, 0.25) is 10.0 Å². The number of nitrogens with two attached hydrogens (primary N) is 1. The number of hydrogen-bond acceptors (Lipinski definition) is 12. The number of alkyl halides is 3. The molecule has 0 saturated carbocycles. The van der Waals surface area contributed by atoms with Gasteiger partial charge in [0.1, 0.15) is 4.90 Å². The fourth-order valence-corrected chi connectivity index (χ4v) is 6.10. The number of anilines is 1. The number of piperidine rings is 1. The molecule has 1 fully saturated rings. The topological polar surface area (TPSA) is 197 Å². The third-order valence-electron chi connectivity index (χ3n) is 5.33. The number of halogens is 3. The molecule has 1 heterocycles. The van der Waals surface area contributed by atoms with E-state index in [1.807, 2.05) is 0 Å². The Bertz CT molecular complexity index is 1310. The van der Waals surface area contributed by atoms with E-state index in [1.54, 1.807) is 0 Å². The Hall–Kier alpha value is -2.10. The van der Waals surface area contributed by atoms with Crippen molar-refractivity contribution in [2.75, 3.05) is 56.8 Å². The molecule has 218 valence electrons. The van der Waals surface area contributed by atoms with E-state index < -0.39 is 89.5 Å². The fraction of sp³-hybridized carbons (Fsp3) is 0.667. The summed E-state index contributed by atoms with van der Waals surface area (Å²) in [5, 5.41) is 11.5.